The normalized spacial score (nSPS) is 23.8. The van der Waals surface area contributed by atoms with Crippen LogP contribution in [0.1, 0.15) is 46.0 Å². The van der Waals surface area contributed by atoms with E-state index in [1.807, 2.05) is 14.0 Å². The summed E-state index contributed by atoms with van der Waals surface area (Å²) >= 11 is 0. The molecule has 0 bridgehead atoms. The molecule has 0 aromatic heterocycles. The molecule has 110 valence electrons. The van der Waals surface area contributed by atoms with Crippen LogP contribution in [0.2, 0.25) is 0 Å². The second-order valence-corrected chi connectivity index (χ2v) is 5.73. The van der Waals surface area contributed by atoms with Crippen molar-refractivity contribution in [2.24, 2.45) is 0 Å². The Labute approximate surface area is 118 Å². The summed E-state index contributed by atoms with van der Waals surface area (Å²) in [5.74, 6) is 0. The van der Waals surface area contributed by atoms with Gasteiger partial charge in [-0.3, -0.25) is 0 Å². The van der Waals surface area contributed by atoms with Crippen molar-refractivity contribution < 1.29 is 4.74 Å². The van der Waals surface area contributed by atoms with Gasteiger partial charge in [0.05, 0.1) is 12.2 Å². The summed E-state index contributed by atoms with van der Waals surface area (Å²) < 4.78 is 5.85. The monoisotopic (exact) mass is 267 g/mol. The van der Waals surface area contributed by atoms with Gasteiger partial charge in [-0.25, -0.2) is 0 Å². The minimum Gasteiger partial charge on any atom is -0.377 e. The van der Waals surface area contributed by atoms with Gasteiger partial charge in [-0.2, -0.15) is 5.26 Å². The van der Waals surface area contributed by atoms with Crippen LogP contribution >= 0.6 is 0 Å². The van der Waals surface area contributed by atoms with E-state index in [1.165, 1.54) is 19.4 Å². The van der Waals surface area contributed by atoms with Crippen molar-refractivity contribution >= 4 is 0 Å². The summed E-state index contributed by atoms with van der Waals surface area (Å²) in [7, 11) is 1.86. The van der Waals surface area contributed by atoms with Crippen molar-refractivity contribution in [1.29, 1.82) is 5.26 Å². The van der Waals surface area contributed by atoms with Gasteiger partial charge in [0.15, 0.2) is 0 Å². The number of piperidine rings is 1. The zero-order chi connectivity index (χ0) is 14.1. The fraction of sp³-hybridized carbons (Fsp3) is 0.933. The van der Waals surface area contributed by atoms with E-state index in [2.05, 4.69) is 23.2 Å². The van der Waals surface area contributed by atoms with E-state index in [-0.39, 0.29) is 5.54 Å². The highest BCUT2D eigenvalue weighted by atomic mass is 16.5. The second-order valence-electron chi connectivity index (χ2n) is 5.73. The fourth-order valence-corrected chi connectivity index (χ4v) is 2.53. The summed E-state index contributed by atoms with van der Waals surface area (Å²) in [6, 6.07) is 2.35. The Hall–Kier alpha value is -0.630. The quantitative estimate of drug-likeness (QED) is 0.732. The Morgan fingerprint density at radius 1 is 1.53 bits per heavy atom. The molecule has 4 heteroatoms. The van der Waals surface area contributed by atoms with E-state index in [9.17, 15) is 0 Å². The summed E-state index contributed by atoms with van der Waals surface area (Å²) in [5.41, 5.74) is -0.381. The molecule has 2 atom stereocenters. The summed E-state index contributed by atoms with van der Waals surface area (Å²) in [4.78, 5) is 2.48. The van der Waals surface area contributed by atoms with E-state index in [1.54, 1.807) is 0 Å². The molecule has 0 spiro atoms. The SMILES string of the molecule is CCCOC1CCCN(CCCC(C)(C#N)NC)C1. The lowest BCUT2D eigenvalue weighted by Crippen LogP contribution is -2.42. The molecule has 0 radical (unpaired) electrons. The Morgan fingerprint density at radius 3 is 2.95 bits per heavy atom. The molecule has 19 heavy (non-hydrogen) atoms. The molecule has 0 saturated carbocycles. The summed E-state index contributed by atoms with van der Waals surface area (Å²) in [6.07, 6.45) is 5.90. The lowest BCUT2D eigenvalue weighted by Gasteiger charge is -2.33. The van der Waals surface area contributed by atoms with Gasteiger partial charge in [-0.1, -0.05) is 6.92 Å². The number of nitrogens with one attached hydrogen (secondary N) is 1. The molecule has 1 fully saturated rings. The maximum absolute atomic E-state index is 9.12. The van der Waals surface area contributed by atoms with Gasteiger partial charge in [-0.15, -0.1) is 0 Å². The number of hydrogen-bond donors (Lipinski definition) is 1. The molecule has 1 N–H and O–H groups in total. The van der Waals surface area contributed by atoms with Crippen molar-refractivity contribution in [2.45, 2.75) is 57.6 Å². The third kappa shape index (κ3) is 5.90. The minimum atomic E-state index is -0.381. The maximum Gasteiger partial charge on any atom is 0.103 e. The Bertz CT molecular complexity index is 290. The molecule has 4 nitrogen and oxygen atoms in total. The van der Waals surface area contributed by atoms with E-state index in [4.69, 9.17) is 10.00 Å². The zero-order valence-corrected chi connectivity index (χ0v) is 12.7. The number of rotatable bonds is 8. The van der Waals surface area contributed by atoms with Crippen LogP contribution in [-0.4, -0.2) is 49.8 Å². The van der Waals surface area contributed by atoms with Crippen LogP contribution in [0.4, 0.5) is 0 Å². The van der Waals surface area contributed by atoms with Crippen molar-refractivity contribution in [3.63, 3.8) is 0 Å². The van der Waals surface area contributed by atoms with Crippen molar-refractivity contribution in [2.75, 3.05) is 33.3 Å². The largest absolute Gasteiger partial charge is 0.377 e. The standard InChI is InChI=1S/C15H29N3O/c1-4-11-19-14-7-5-9-18(12-14)10-6-8-15(2,13-16)17-3/h14,17H,4-12H2,1-3H3. The molecule has 1 heterocycles. The van der Waals surface area contributed by atoms with Crippen LogP contribution in [0.5, 0.6) is 0 Å². The number of nitrogens with zero attached hydrogens (tertiary/aromatic N) is 2. The summed E-state index contributed by atoms with van der Waals surface area (Å²) in [6.45, 7) is 8.31. The molecular formula is C15H29N3O. The van der Waals surface area contributed by atoms with E-state index < -0.39 is 0 Å². The number of hydrogen-bond acceptors (Lipinski definition) is 4. The first kappa shape index (κ1) is 16.4. The fourth-order valence-electron chi connectivity index (χ4n) is 2.53. The van der Waals surface area contributed by atoms with Crippen LogP contribution in [0, 0.1) is 11.3 Å². The second kappa shape index (κ2) is 8.52. The highest BCUT2D eigenvalue weighted by molar-refractivity contribution is 5.02. The number of ether oxygens (including phenoxy) is 1. The molecule has 2 unspecified atom stereocenters. The molecular weight excluding hydrogens is 238 g/mol. The van der Waals surface area contributed by atoms with Crippen LogP contribution < -0.4 is 5.32 Å². The van der Waals surface area contributed by atoms with E-state index >= 15 is 0 Å². The van der Waals surface area contributed by atoms with E-state index in [0.29, 0.717) is 6.10 Å². The molecule has 0 aromatic rings. The average Bonchev–Trinajstić information content (AvgIpc) is 2.45. The van der Waals surface area contributed by atoms with Crippen molar-refractivity contribution in [3.8, 4) is 6.07 Å². The van der Waals surface area contributed by atoms with Crippen molar-refractivity contribution in [1.82, 2.24) is 10.2 Å². The molecule has 1 saturated heterocycles. The number of likely N-dealkylation sites (tertiary alicyclic amines) is 1. The number of nitriles is 1. The van der Waals surface area contributed by atoms with Crippen LogP contribution in [0.3, 0.4) is 0 Å². The Morgan fingerprint density at radius 2 is 2.32 bits per heavy atom. The average molecular weight is 267 g/mol. The summed E-state index contributed by atoms with van der Waals surface area (Å²) in [5, 5.41) is 12.2. The molecule has 1 aliphatic rings. The zero-order valence-electron chi connectivity index (χ0n) is 12.7. The van der Waals surface area contributed by atoms with Gasteiger partial charge in [0.25, 0.3) is 0 Å². The van der Waals surface area contributed by atoms with Gasteiger partial charge in [-0.05, 0) is 59.2 Å². The third-order valence-corrected chi connectivity index (χ3v) is 3.97. The van der Waals surface area contributed by atoms with Gasteiger partial charge < -0.3 is 15.0 Å². The smallest absolute Gasteiger partial charge is 0.103 e. The van der Waals surface area contributed by atoms with Crippen LogP contribution in [-0.2, 0) is 4.74 Å². The highest BCUT2D eigenvalue weighted by Crippen LogP contribution is 2.16. The van der Waals surface area contributed by atoms with Crippen LogP contribution in [0.15, 0.2) is 0 Å². The first-order valence-corrected chi connectivity index (χ1v) is 7.57. The highest BCUT2D eigenvalue weighted by Gasteiger charge is 2.23. The topological polar surface area (TPSA) is 48.3 Å². The molecule has 1 rings (SSSR count). The lowest BCUT2D eigenvalue weighted by atomic mass is 9.97. The molecule has 1 aliphatic heterocycles. The predicted octanol–water partition coefficient (Wildman–Crippen LogP) is 2.16. The maximum atomic E-state index is 9.12. The van der Waals surface area contributed by atoms with Gasteiger partial charge in [0, 0.05) is 13.2 Å². The van der Waals surface area contributed by atoms with Crippen LogP contribution in [0.25, 0.3) is 0 Å². The predicted molar refractivity (Wildman–Crippen MR) is 78.0 cm³/mol. The first-order valence-electron chi connectivity index (χ1n) is 7.57. The third-order valence-electron chi connectivity index (χ3n) is 3.97. The van der Waals surface area contributed by atoms with Gasteiger partial charge in [0.1, 0.15) is 5.54 Å². The minimum absolute atomic E-state index is 0.381. The van der Waals surface area contributed by atoms with Gasteiger partial charge >= 0.3 is 0 Å². The molecule has 0 amide bonds. The Kier molecular flexibility index (Phi) is 7.37. The first-order chi connectivity index (χ1) is 9.13. The van der Waals surface area contributed by atoms with E-state index in [0.717, 1.165) is 39.0 Å². The van der Waals surface area contributed by atoms with Gasteiger partial charge in [0.2, 0.25) is 0 Å². The molecule has 0 aromatic carbocycles. The Balaban J connectivity index is 2.24. The van der Waals surface area contributed by atoms with Crippen molar-refractivity contribution in [3.05, 3.63) is 0 Å². The lowest BCUT2D eigenvalue weighted by molar-refractivity contribution is -0.000573. The molecule has 0 aliphatic carbocycles.